The first-order valence-electron chi connectivity index (χ1n) is 8.63. The molecule has 0 aliphatic heterocycles. The Morgan fingerprint density at radius 2 is 2.04 bits per heavy atom. The summed E-state index contributed by atoms with van der Waals surface area (Å²) in [4.78, 5) is 20.2. The highest BCUT2D eigenvalue weighted by Gasteiger charge is 2.06. The van der Waals surface area contributed by atoms with Gasteiger partial charge in [-0.3, -0.25) is 4.79 Å². The second-order valence-electron chi connectivity index (χ2n) is 5.84. The molecule has 1 amide bonds. The molecule has 1 aromatic carbocycles. The lowest BCUT2D eigenvalue weighted by molar-refractivity contribution is -0.111. The minimum Gasteiger partial charge on any atom is -0.369 e. The number of rotatable bonds is 8. The van der Waals surface area contributed by atoms with E-state index in [-0.39, 0.29) is 11.7 Å². The van der Waals surface area contributed by atoms with Crippen molar-refractivity contribution < 1.29 is 9.18 Å². The highest BCUT2D eigenvalue weighted by molar-refractivity contribution is 7.09. The van der Waals surface area contributed by atoms with E-state index in [1.54, 1.807) is 35.9 Å². The Bertz CT molecular complexity index is 969. The van der Waals surface area contributed by atoms with Gasteiger partial charge < -0.3 is 10.6 Å². The number of aromatic nitrogens is 2. The number of amides is 1. The van der Waals surface area contributed by atoms with Crippen LogP contribution in [-0.2, 0) is 11.2 Å². The van der Waals surface area contributed by atoms with Gasteiger partial charge in [-0.1, -0.05) is 30.9 Å². The van der Waals surface area contributed by atoms with E-state index in [1.165, 1.54) is 18.2 Å². The number of thiazole rings is 1. The van der Waals surface area contributed by atoms with Crippen LogP contribution < -0.4 is 10.6 Å². The third-order valence-corrected chi connectivity index (χ3v) is 4.65. The van der Waals surface area contributed by atoms with Crippen molar-refractivity contribution >= 4 is 40.9 Å². The van der Waals surface area contributed by atoms with Crippen molar-refractivity contribution in [2.24, 2.45) is 0 Å². The summed E-state index contributed by atoms with van der Waals surface area (Å²) >= 11 is 1.61. The number of benzene rings is 1. The lowest BCUT2D eigenvalue weighted by Crippen LogP contribution is -2.10. The zero-order valence-electron chi connectivity index (χ0n) is 15.1. The molecule has 0 radical (unpaired) electrons. The van der Waals surface area contributed by atoms with Crippen molar-refractivity contribution in [1.82, 2.24) is 9.97 Å². The van der Waals surface area contributed by atoms with Crippen molar-refractivity contribution in [3.63, 3.8) is 0 Å². The lowest BCUT2D eigenvalue weighted by atomic mass is 10.1. The van der Waals surface area contributed by atoms with E-state index in [0.29, 0.717) is 18.1 Å². The molecule has 0 aliphatic rings. The molecule has 0 saturated carbocycles. The average Bonchev–Trinajstić information content (AvgIpc) is 3.22. The molecular formula is C21H19FN4OS. The summed E-state index contributed by atoms with van der Waals surface area (Å²) in [5.41, 5.74) is 2.22. The van der Waals surface area contributed by atoms with E-state index >= 15 is 0 Å². The number of nitrogens with one attached hydrogen (secondary N) is 2. The highest BCUT2D eigenvalue weighted by atomic mass is 32.1. The third kappa shape index (κ3) is 5.59. The van der Waals surface area contributed by atoms with Gasteiger partial charge in [-0.2, -0.15) is 0 Å². The Morgan fingerprint density at radius 1 is 1.21 bits per heavy atom. The summed E-state index contributed by atoms with van der Waals surface area (Å²) < 4.78 is 13.1. The normalized spacial score (nSPS) is 10.8. The van der Waals surface area contributed by atoms with E-state index in [0.717, 1.165) is 22.6 Å². The molecule has 0 saturated heterocycles. The van der Waals surface area contributed by atoms with Crippen LogP contribution in [0, 0.1) is 5.82 Å². The highest BCUT2D eigenvalue weighted by Crippen LogP contribution is 2.21. The number of nitrogens with zero attached hydrogens (tertiary/aromatic N) is 2. The first kappa shape index (κ1) is 19.4. The zero-order valence-corrected chi connectivity index (χ0v) is 15.9. The summed E-state index contributed by atoms with van der Waals surface area (Å²) in [6.07, 6.45) is 9.09. The van der Waals surface area contributed by atoms with E-state index in [4.69, 9.17) is 0 Å². The van der Waals surface area contributed by atoms with Crippen molar-refractivity contribution in [3.8, 4) is 0 Å². The largest absolute Gasteiger partial charge is 0.369 e. The van der Waals surface area contributed by atoms with Crippen LogP contribution >= 0.6 is 11.3 Å². The topological polar surface area (TPSA) is 66.9 Å². The maximum Gasteiger partial charge on any atom is 0.247 e. The predicted molar refractivity (Wildman–Crippen MR) is 113 cm³/mol. The smallest absolute Gasteiger partial charge is 0.247 e. The van der Waals surface area contributed by atoms with Crippen LogP contribution in [0.1, 0.15) is 16.1 Å². The third-order valence-electron chi connectivity index (χ3n) is 3.81. The van der Waals surface area contributed by atoms with Gasteiger partial charge in [-0.15, -0.1) is 11.3 Å². The Morgan fingerprint density at radius 3 is 2.75 bits per heavy atom. The summed E-state index contributed by atoms with van der Waals surface area (Å²) in [5, 5.41) is 9.00. The molecule has 2 heterocycles. The van der Waals surface area contributed by atoms with E-state index in [1.807, 2.05) is 23.6 Å². The van der Waals surface area contributed by atoms with Crippen molar-refractivity contribution in [2.75, 3.05) is 17.2 Å². The molecule has 142 valence electrons. The number of halogens is 1. The summed E-state index contributed by atoms with van der Waals surface area (Å²) in [5.74, 6) is 0.101. The van der Waals surface area contributed by atoms with Crippen LogP contribution in [0.2, 0.25) is 0 Å². The minimum atomic E-state index is -0.306. The summed E-state index contributed by atoms with van der Waals surface area (Å²) in [6.45, 7) is 4.13. The molecule has 0 fully saturated rings. The van der Waals surface area contributed by atoms with Gasteiger partial charge >= 0.3 is 0 Å². The molecular weight excluding hydrogens is 375 g/mol. The number of carbonyl (C=O) groups excluding carboxylic acids is 1. The molecule has 5 nitrogen and oxygen atoms in total. The van der Waals surface area contributed by atoms with Crippen molar-refractivity contribution in [3.05, 3.63) is 82.7 Å². The van der Waals surface area contributed by atoms with Gasteiger partial charge in [0.25, 0.3) is 0 Å². The fourth-order valence-electron chi connectivity index (χ4n) is 2.44. The molecule has 2 aromatic heterocycles. The first-order valence-corrected chi connectivity index (χ1v) is 9.51. The molecule has 0 unspecified atom stereocenters. The van der Waals surface area contributed by atoms with Crippen LogP contribution in [0.3, 0.4) is 0 Å². The molecule has 0 atom stereocenters. The van der Waals surface area contributed by atoms with Gasteiger partial charge in [0.1, 0.15) is 11.6 Å². The molecule has 7 heteroatoms. The Balaban J connectivity index is 1.79. The van der Waals surface area contributed by atoms with Gasteiger partial charge in [-0.05, 0) is 29.8 Å². The Kier molecular flexibility index (Phi) is 6.64. The molecule has 3 rings (SSSR count). The first-order chi connectivity index (χ1) is 13.6. The maximum atomic E-state index is 13.1. The number of pyridine rings is 1. The monoisotopic (exact) mass is 394 g/mol. The SMILES string of the molecule is C=CC(=O)Nc1cnc(NCCc2nccs2)c(C=Cc2ccc(F)cc2)c1. The molecule has 2 N–H and O–H groups in total. The minimum absolute atomic E-state index is 0.280. The van der Waals surface area contributed by atoms with E-state index < -0.39 is 0 Å². The predicted octanol–water partition coefficient (Wildman–Crippen LogP) is 4.63. The van der Waals surface area contributed by atoms with E-state index in [9.17, 15) is 9.18 Å². The zero-order chi connectivity index (χ0) is 19.8. The quantitative estimate of drug-likeness (QED) is 0.547. The average molecular weight is 394 g/mol. The fourth-order valence-corrected chi connectivity index (χ4v) is 3.06. The maximum absolute atomic E-state index is 13.1. The van der Waals surface area contributed by atoms with Crippen LogP contribution in [0.4, 0.5) is 15.9 Å². The fraction of sp³-hybridized carbons (Fsp3) is 0.0952. The Labute approximate surface area is 166 Å². The number of hydrogen-bond acceptors (Lipinski definition) is 5. The van der Waals surface area contributed by atoms with E-state index in [2.05, 4.69) is 27.2 Å². The number of anilines is 2. The summed E-state index contributed by atoms with van der Waals surface area (Å²) in [7, 11) is 0. The van der Waals surface area contributed by atoms with Gasteiger partial charge in [0, 0.05) is 30.1 Å². The van der Waals surface area contributed by atoms with Crippen LogP contribution in [0.25, 0.3) is 12.2 Å². The number of hydrogen-bond donors (Lipinski definition) is 2. The molecule has 0 bridgehead atoms. The second-order valence-corrected chi connectivity index (χ2v) is 6.82. The second kappa shape index (κ2) is 9.57. The summed E-state index contributed by atoms with van der Waals surface area (Å²) in [6, 6.07) is 8.02. The van der Waals surface area contributed by atoms with Crippen LogP contribution in [0.5, 0.6) is 0 Å². The van der Waals surface area contributed by atoms with Gasteiger partial charge in [-0.25, -0.2) is 14.4 Å². The van der Waals surface area contributed by atoms with Gasteiger partial charge in [0.05, 0.1) is 16.9 Å². The van der Waals surface area contributed by atoms with Crippen molar-refractivity contribution in [2.45, 2.75) is 6.42 Å². The van der Waals surface area contributed by atoms with Gasteiger partial charge in [0.15, 0.2) is 0 Å². The molecule has 3 aromatic rings. The lowest BCUT2D eigenvalue weighted by Gasteiger charge is -2.10. The molecule has 0 aliphatic carbocycles. The Hall–Kier alpha value is -3.32. The van der Waals surface area contributed by atoms with Gasteiger partial charge in [0.2, 0.25) is 5.91 Å². The standard InChI is InChI=1S/C21H19FN4OS/c1-2-19(27)26-18-13-16(6-3-15-4-7-17(22)8-5-15)21(25-14-18)24-10-9-20-23-11-12-28-20/h2-8,11-14H,1,9-10H2,(H,24,25)(H,26,27). The number of carbonyl (C=O) groups is 1. The molecule has 28 heavy (non-hydrogen) atoms. The van der Waals surface area contributed by atoms with Crippen LogP contribution in [-0.4, -0.2) is 22.4 Å². The van der Waals surface area contributed by atoms with Crippen LogP contribution in [0.15, 0.2) is 60.8 Å². The molecule has 0 spiro atoms. The van der Waals surface area contributed by atoms with Crippen molar-refractivity contribution in [1.29, 1.82) is 0 Å².